The predicted octanol–water partition coefficient (Wildman–Crippen LogP) is 2.03. The van der Waals surface area contributed by atoms with E-state index in [-0.39, 0.29) is 18.2 Å². The summed E-state index contributed by atoms with van der Waals surface area (Å²) < 4.78 is 5.23. The summed E-state index contributed by atoms with van der Waals surface area (Å²) in [5.74, 6) is 0.427. The minimum atomic E-state index is -0.432. The van der Waals surface area contributed by atoms with Crippen LogP contribution >= 0.6 is 0 Å². The van der Waals surface area contributed by atoms with Crippen molar-refractivity contribution < 1.29 is 9.53 Å². The van der Waals surface area contributed by atoms with Crippen LogP contribution in [0.4, 0.5) is 4.79 Å². The fraction of sp³-hybridized carbons (Fsp3) is 0.917. The molecule has 0 spiro atoms. The van der Waals surface area contributed by atoms with Crippen LogP contribution in [0.25, 0.3) is 0 Å². The number of hydrogen-bond donors (Lipinski definition) is 2. The number of nitrogens with two attached hydrogens (primary N) is 1. The lowest BCUT2D eigenvalue weighted by Gasteiger charge is -2.33. The van der Waals surface area contributed by atoms with Gasteiger partial charge in [0.05, 0.1) is 0 Å². The van der Waals surface area contributed by atoms with Gasteiger partial charge in [-0.3, -0.25) is 0 Å². The molecule has 1 aliphatic rings. The van der Waals surface area contributed by atoms with E-state index in [4.69, 9.17) is 10.5 Å². The van der Waals surface area contributed by atoms with Crippen LogP contribution in [0.1, 0.15) is 47.0 Å². The van der Waals surface area contributed by atoms with Crippen LogP contribution in [0.5, 0.6) is 0 Å². The quantitative estimate of drug-likeness (QED) is 0.721. The minimum absolute atomic E-state index is 0.203. The van der Waals surface area contributed by atoms with Crippen LogP contribution in [0.15, 0.2) is 0 Å². The summed E-state index contributed by atoms with van der Waals surface area (Å²) in [5, 5.41) is 2.93. The first-order valence-electron chi connectivity index (χ1n) is 6.03. The molecule has 3 atom stereocenters. The number of alkyl carbamates (subject to hydrolysis) is 1. The predicted molar refractivity (Wildman–Crippen MR) is 64.1 cm³/mol. The highest BCUT2D eigenvalue weighted by atomic mass is 16.6. The summed E-state index contributed by atoms with van der Waals surface area (Å²) in [6, 6.07) is 0.487. The lowest BCUT2D eigenvalue weighted by Crippen LogP contribution is -2.47. The summed E-state index contributed by atoms with van der Waals surface area (Å²) >= 11 is 0. The number of carbonyl (C=O) groups excluding carboxylic acids is 1. The van der Waals surface area contributed by atoms with Crippen LogP contribution in [0.2, 0.25) is 0 Å². The van der Waals surface area contributed by atoms with Gasteiger partial charge in [0.2, 0.25) is 0 Å². The largest absolute Gasteiger partial charge is 0.444 e. The van der Waals surface area contributed by atoms with Gasteiger partial charge in [0.25, 0.3) is 0 Å². The molecule has 0 aromatic rings. The van der Waals surface area contributed by atoms with E-state index in [1.807, 2.05) is 20.8 Å². The van der Waals surface area contributed by atoms with Crippen molar-refractivity contribution in [1.82, 2.24) is 5.32 Å². The number of nitrogens with one attached hydrogen (secondary N) is 1. The minimum Gasteiger partial charge on any atom is -0.444 e. The SMILES string of the molecule is C[C@H]1C[C@@H](N)CC[C@@H]1NC(=O)OC(C)(C)C. The second-order valence-electron chi connectivity index (χ2n) is 5.80. The highest BCUT2D eigenvalue weighted by molar-refractivity contribution is 5.68. The van der Waals surface area contributed by atoms with E-state index >= 15 is 0 Å². The molecular weight excluding hydrogens is 204 g/mol. The molecule has 1 rings (SSSR count). The zero-order chi connectivity index (χ0) is 12.3. The number of hydrogen-bond acceptors (Lipinski definition) is 3. The van der Waals surface area contributed by atoms with Crippen molar-refractivity contribution >= 4 is 6.09 Å². The van der Waals surface area contributed by atoms with Crippen molar-refractivity contribution in [2.24, 2.45) is 11.7 Å². The lowest BCUT2D eigenvalue weighted by molar-refractivity contribution is 0.0469. The maximum Gasteiger partial charge on any atom is 0.407 e. The molecule has 0 heterocycles. The van der Waals surface area contributed by atoms with E-state index in [0.29, 0.717) is 5.92 Å². The zero-order valence-electron chi connectivity index (χ0n) is 10.7. The molecule has 16 heavy (non-hydrogen) atoms. The average Bonchev–Trinajstić information content (AvgIpc) is 2.06. The number of ether oxygens (including phenoxy) is 1. The molecule has 0 aliphatic heterocycles. The van der Waals surface area contributed by atoms with Gasteiger partial charge in [0, 0.05) is 12.1 Å². The summed E-state index contributed by atoms with van der Waals surface area (Å²) in [5.41, 5.74) is 5.44. The Kier molecular flexibility index (Phi) is 4.19. The fourth-order valence-corrected chi connectivity index (χ4v) is 2.11. The molecule has 0 bridgehead atoms. The van der Waals surface area contributed by atoms with Gasteiger partial charge in [-0.1, -0.05) is 6.92 Å². The summed E-state index contributed by atoms with van der Waals surface area (Å²) in [6.07, 6.45) is 2.58. The topological polar surface area (TPSA) is 64.3 Å². The van der Waals surface area contributed by atoms with Gasteiger partial charge in [-0.05, 0) is 46.0 Å². The van der Waals surface area contributed by atoms with Gasteiger partial charge >= 0.3 is 6.09 Å². The third-order valence-electron chi connectivity index (χ3n) is 2.91. The number of carbonyl (C=O) groups is 1. The fourth-order valence-electron chi connectivity index (χ4n) is 2.11. The van der Waals surface area contributed by atoms with E-state index in [9.17, 15) is 4.79 Å². The van der Waals surface area contributed by atoms with Gasteiger partial charge in [-0.15, -0.1) is 0 Å². The van der Waals surface area contributed by atoms with E-state index < -0.39 is 5.60 Å². The van der Waals surface area contributed by atoms with E-state index in [1.165, 1.54) is 0 Å². The number of rotatable bonds is 1. The molecule has 1 fully saturated rings. The summed E-state index contributed by atoms with van der Waals surface area (Å²) in [7, 11) is 0. The van der Waals surface area contributed by atoms with Crippen molar-refractivity contribution in [1.29, 1.82) is 0 Å². The van der Waals surface area contributed by atoms with Gasteiger partial charge in [-0.25, -0.2) is 4.79 Å². The lowest BCUT2D eigenvalue weighted by atomic mass is 9.83. The first kappa shape index (κ1) is 13.3. The smallest absolute Gasteiger partial charge is 0.407 e. The maximum absolute atomic E-state index is 11.6. The maximum atomic E-state index is 11.6. The third-order valence-corrected chi connectivity index (χ3v) is 2.91. The van der Waals surface area contributed by atoms with Gasteiger partial charge in [-0.2, -0.15) is 0 Å². The van der Waals surface area contributed by atoms with Crippen LogP contribution in [0, 0.1) is 5.92 Å². The molecule has 0 aromatic heterocycles. The Morgan fingerprint density at radius 1 is 1.38 bits per heavy atom. The molecule has 0 saturated heterocycles. The molecule has 4 heteroatoms. The molecule has 4 nitrogen and oxygen atoms in total. The highest BCUT2D eigenvalue weighted by Gasteiger charge is 2.28. The molecule has 1 saturated carbocycles. The average molecular weight is 228 g/mol. The van der Waals surface area contributed by atoms with Crippen LogP contribution in [0.3, 0.4) is 0 Å². The van der Waals surface area contributed by atoms with E-state index in [0.717, 1.165) is 19.3 Å². The molecule has 0 radical (unpaired) electrons. The Morgan fingerprint density at radius 3 is 2.50 bits per heavy atom. The van der Waals surface area contributed by atoms with Gasteiger partial charge < -0.3 is 15.8 Å². The molecular formula is C12H24N2O2. The Balaban J connectivity index is 2.39. The number of amides is 1. The first-order valence-corrected chi connectivity index (χ1v) is 6.03. The van der Waals surface area contributed by atoms with Crippen LogP contribution in [-0.4, -0.2) is 23.8 Å². The zero-order valence-corrected chi connectivity index (χ0v) is 10.7. The normalized spacial score (nSPS) is 30.9. The molecule has 3 N–H and O–H groups in total. The van der Waals surface area contributed by atoms with E-state index in [1.54, 1.807) is 0 Å². The molecule has 1 aliphatic carbocycles. The van der Waals surface area contributed by atoms with Crippen molar-refractivity contribution in [2.45, 2.75) is 64.6 Å². The summed E-state index contributed by atoms with van der Waals surface area (Å²) in [4.78, 5) is 11.6. The standard InChI is InChI=1S/C12H24N2O2/c1-8-7-9(13)5-6-10(8)14-11(15)16-12(2,3)4/h8-10H,5-7,13H2,1-4H3,(H,14,15)/t8-,9-,10-/m0/s1. The first-order chi connectivity index (χ1) is 7.28. The summed E-state index contributed by atoms with van der Waals surface area (Å²) in [6.45, 7) is 7.73. The van der Waals surface area contributed by atoms with Crippen molar-refractivity contribution in [3.8, 4) is 0 Å². The Hall–Kier alpha value is -0.770. The van der Waals surface area contributed by atoms with Gasteiger partial charge in [0.1, 0.15) is 5.60 Å². The molecule has 94 valence electrons. The van der Waals surface area contributed by atoms with E-state index in [2.05, 4.69) is 12.2 Å². The monoisotopic (exact) mass is 228 g/mol. The molecule has 0 unspecified atom stereocenters. The highest BCUT2D eigenvalue weighted by Crippen LogP contribution is 2.23. The second-order valence-corrected chi connectivity index (χ2v) is 5.80. The van der Waals surface area contributed by atoms with Gasteiger partial charge in [0.15, 0.2) is 0 Å². The Bertz CT molecular complexity index is 248. The molecule has 0 aromatic carbocycles. The third kappa shape index (κ3) is 4.39. The Morgan fingerprint density at radius 2 is 2.00 bits per heavy atom. The van der Waals surface area contributed by atoms with Crippen LogP contribution in [-0.2, 0) is 4.74 Å². The van der Waals surface area contributed by atoms with Crippen molar-refractivity contribution in [3.63, 3.8) is 0 Å². The molecule has 1 amide bonds. The Labute approximate surface area is 97.9 Å². The van der Waals surface area contributed by atoms with Crippen molar-refractivity contribution in [2.75, 3.05) is 0 Å². The van der Waals surface area contributed by atoms with Crippen LogP contribution < -0.4 is 11.1 Å². The van der Waals surface area contributed by atoms with Crippen molar-refractivity contribution in [3.05, 3.63) is 0 Å². The second kappa shape index (κ2) is 5.04.